The number of likely N-dealkylation sites (tertiary alicyclic amines) is 1. The van der Waals surface area contributed by atoms with E-state index in [4.69, 9.17) is 0 Å². The topological polar surface area (TPSA) is 49.4 Å². The van der Waals surface area contributed by atoms with Crippen LogP contribution in [0, 0.1) is 11.8 Å². The maximum absolute atomic E-state index is 12.1. The van der Waals surface area contributed by atoms with Crippen LogP contribution in [0.15, 0.2) is 11.6 Å². The second kappa shape index (κ2) is 4.84. The second-order valence-electron chi connectivity index (χ2n) is 5.54. The van der Waals surface area contributed by atoms with Gasteiger partial charge in [0.25, 0.3) is 0 Å². The molecule has 4 nitrogen and oxygen atoms in total. The van der Waals surface area contributed by atoms with E-state index in [2.05, 4.69) is 11.4 Å². The standard InChI is InChI=1S/C14H20N2O2/c17-13-11-2-1-3-12(11)14(18)16(13)9-6-10-4-7-15-8-5-10/h4,11-12,15H,1-3,5-9H2. The Morgan fingerprint density at radius 2 is 1.94 bits per heavy atom. The molecule has 2 heterocycles. The van der Waals surface area contributed by atoms with Crippen molar-refractivity contribution in [1.82, 2.24) is 10.2 Å². The summed E-state index contributed by atoms with van der Waals surface area (Å²) in [6, 6.07) is 0. The first-order chi connectivity index (χ1) is 8.77. The summed E-state index contributed by atoms with van der Waals surface area (Å²) in [5, 5.41) is 3.27. The van der Waals surface area contributed by atoms with Gasteiger partial charge in [0.1, 0.15) is 0 Å². The summed E-state index contributed by atoms with van der Waals surface area (Å²) in [6.45, 7) is 2.53. The number of rotatable bonds is 3. The van der Waals surface area contributed by atoms with Crippen molar-refractivity contribution < 1.29 is 9.59 Å². The molecule has 2 aliphatic heterocycles. The van der Waals surface area contributed by atoms with E-state index in [-0.39, 0.29) is 23.7 Å². The van der Waals surface area contributed by atoms with E-state index in [1.165, 1.54) is 10.5 Å². The summed E-state index contributed by atoms with van der Waals surface area (Å²) in [5.74, 6) is 0.216. The molecule has 0 radical (unpaired) electrons. The SMILES string of the molecule is O=C1C2CCCC2C(=O)N1CCC1=CCNCC1. The van der Waals surface area contributed by atoms with Crippen molar-refractivity contribution in [3.8, 4) is 0 Å². The summed E-state index contributed by atoms with van der Waals surface area (Å²) in [7, 11) is 0. The van der Waals surface area contributed by atoms with Crippen LogP contribution in [0.4, 0.5) is 0 Å². The minimum absolute atomic E-state index is 0.0134. The first-order valence-corrected chi connectivity index (χ1v) is 7.01. The van der Waals surface area contributed by atoms with Crippen LogP contribution in [0.3, 0.4) is 0 Å². The van der Waals surface area contributed by atoms with E-state index in [9.17, 15) is 9.59 Å². The van der Waals surface area contributed by atoms with Gasteiger partial charge in [-0.2, -0.15) is 0 Å². The minimum atomic E-state index is 0.0134. The average molecular weight is 248 g/mol. The van der Waals surface area contributed by atoms with E-state index >= 15 is 0 Å². The van der Waals surface area contributed by atoms with Crippen molar-refractivity contribution in [2.75, 3.05) is 19.6 Å². The third-order valence-electron chi connectivity index (χ3n) is 4.50. The minimum Gasteiger partial charge on any atom is -0.313 e. The Morgan fingerprint density at radius 1 is 1.22 bits per heavy atom. The Hall–Kier alpha value is -1.16. The highest BCUT2D eigenvalue weighted by Crippen LogP contribution is 2.39. The number of hydrogen-bond donors (Lipinski definition) is 1. The molecule has 3 rings (SSSR count). The molecular formula is C14H20N2O2. The van der Waals surface area contributed by atoms with Crippen molar-refractivity contribution in [3.63, 3.8) is 0 Å². The van der Waals surface area contributed by atoms with Crippen LogP contribution in [0.5, 0.6) is 0 Å². The van der Waals surface area contributed by atoms with E-state index in [0.29, 0.717) is 6.54 Å². The molecular weight excluding hydrogens is 228 g/mol. The Balaban J connectivity index is 1.61. The Labute approximate surface area is 107 Å². The number of nitrogens with zero attached hydrogens (tertiary/aromatic N) is 1. The lowest BCUT2D eigenvalue weighted by Gasteiger charge is -2.19. The Bertz CT molecular complexity index is 381. The fraction of sp³-hybridized carbons (Fsp3) is 0.714. The highest BCUT2D eigenvalue weighted by atomic mass is 16.2. The quantitative estimate of drug-likeness (QED) is 0.600. The molecule has 4 heteroatoms. The Morgan fingerprint density at radius 3 is 2.56 bits per heavy atom. The molecule has 1 saturated heterocycles. The van der Waals surface area contributed by atoms with Gasteiger partial charge < -0.3 is 5.32 Å². The molecule has 2 amide bonds. The molecule has 0 aromatic rings. The maximum atomic E-state index is 12.1. The Kier molecular flexibility index (Phi) is 3.20. The highest BCUT2D eigenvalue weighted by Gasteiger charge is 2.49. The molecule has 2 fully saturated rings. The fourth-order valence-electron chi connectivity index (χ4n) is 3.43. The van der Waals surface area contributed by atoms with Crippen molar-refractivity contribution in [2.45, 2.75) is 32.1 Å². The molecule has 18 heavy (non-hydrogen) atoms. The van der Waals surface area contributed by atoms with Gasteiger partial charge in [0.05, 0.1) is 11.8 Å². The van der Waals surface area contributed by atoms with Crippen LogP contribution in [-0.4, -0.2) is 36.3 Å². The van der Waals surface area contributed by atoms with Crippen LogP contribution >= 0.6 is 0 Å². The van der Waals surface area contributed by atoms with E-state index in [0.717, 1.165) is 45.2 Å². The second-order valence-corrected chi connectivity index (χ2v) is 5.54. The largest absolute Gasteiger partial charge is 0.313 e. The summed E-state index contributed by atoms with van der Waals surface area (Å²) < 4.78 is 0. The number of carbonyl (C=O) groups excluding carboxylic acids is 2. The molecule has 0 bridgehead atoms. The third-order valence-corrected chi connectivity index (χ3v) is 4.50. The molecule has 2 unspecified atom stereocenters. The third kappa shape index (κ3) is 1.99. The van der Waals surface area contributed by atoms with Crippen LogP contribution in [0.1, 0.15) is 32.1 Å². The maximum Gasteiger partial charge on any atom is 0.233 e. The van der Waals surface area contributed by atoms with Gasteiger partial charge in [0, 0.05) is 13.1 Å². The number of carbonyl (C=O) groups is 2. The molecule has 1 aliphatic carbocycles. The van der Waals surface area contributed by atoms with Crippen molar-refractivity contribution in [2.24, 2.45) is 11.8 Å². The average Bonchev–Trinajstić information content (AvgIpc) is 2.95. The van der Waals surface area contributed by atoms with Gasteiger partial charge in [-0.05, 0) is 32.2 Å². The fourth-order valence-corrected chi connectivity index (χ4v) is 3.43. The van der Waals surface area contributed by atoms with Gasteiger partial charge in [0.2, 0.25) is 11.8 Å². The zero-order valence-corrected chi connectivity index (χ0v) is 10.7. The molecule has 3 aliphatic rings. The van der Waals surface area contributed by atoms with E-state index < -0.39 is 0 Å². The number of imide groups is 1. The van der Waals surface area contributed by atoms with Crippen molar-refractivity contribution in [1.29, 1.82) is 0 Å². The summed E-state index contributed by atoms with van der Waals surface area (Å²) in [5.41, 5.74) is 1.38. The van der Waals surface area contributed by atoms with Gasteiger partial charge >= 0.3 is 0 Å². The molecule has 0 aromatic heterocycles. The predicted octanol–water partition coefficient (Wildman–Crippen LogP) is 1.08. The lowest BCUT2D eigenvalue weighted by molar-refractivity contribution is -0.140. The van der Waals surface area contributed by atoms with Gasteiger partial charge in [-0.15, -0.1) is 0 Å². The van der Waals surface area contributed by atoms with E-state index in [1.807, 2.05) is 0 Å². The highest BCUT2D eigenvalue weighted by molar-refractivity contribution is 6.05. The van der Waals surface area contributed by atoms with Crippen LogP contribution in [0.2, 0.25) is 0 Å². The number of hydrogen-bond acceptors (Lipinski definition) is 3. The summed E-state index contributed by atoms with van der Waals surface area (Å²) in [6.07, 6.45) is 6.96. The van der Waals surface area contributed by atoms with E-state index in [1.54, 1.807) is 0 Å². The van der Waals surface area contributed by atoms with Crippen LogP contribution in [-0.2, 0) is 9.59 Å². The van der Waals surface area contributed by atoms with Crippen molar-refractivity contribution >= 4 is 11.8 Å². The summed E-state index contributed by atoms with van der Waals surface area (Å²) >= 11 is 0. The van der Waals surface area contributed by atoms with Crippen LogP contribution < -0.4 is 5.32 Å². The van der Waals surface area contributed by atoms with Gasteiger partial charge in [-0.25, -0.2) is 0 Å². The lowest BCUT2D eigenvalue weighted by Crippen LogP contribution is -2.33. The molecule has 0 aromatic carbocycles. The monoisotopic (exact) mass is 248 g/mol. The predicted molar refractivity (Wildman–Crippen MR) is 67.7 cm³/mol. The number of nitrogens with one attached hydrogen (secondary N) is 1. The smallest absolute Gasteiger partial charge is 0.233 e. The molecule has 1 saturated carbocycles. The molecule has 2 atom stereocenters. The normalized spacial score (nSPS) is 31.8. The van der Waals surface area contributed by atoms with Crippen LogP contribution in [0.25, 0.3) is 0 Å². The summed E-state index contributed by atoms with van der Waals surface area (Å²) in [4.78, 5) is 25.8. The van der Waals surface area contributed by atoms with Crippen molar-refractivity contribution in [3.05, 3.63) is 11.6 Å². The first kappa shape index (κ1) is 11.9. The first-order valence-electron chi connectivity index (χ1n) is 7.01. The number of fused-ring (bicyclic) bond motifs is 1. The zero-order chi connectivity index (χ0) is 12.5. The van der Waals surface area contributed by atoms with Gasteiger partial charge in [-0.3, -0.25) is 14.5 Å². The molecule has 1 N–H and O–H groups in total. The number of amides is 2. The van der Waals surface area contributed by atoms with Gasteiger partial charge in [-0.1, -0.05) is 18.1 Å². The molecule has 98 valence electrons. The zero-order valence-electron chi connectivity index (χ0n) is 10.7. The lowest BCUT2D eigenvalue weighted by atomic mass is 10.00. The van der Waals surface area contributed by atoms with Gasteiger partial charge in [0.15, 0.2) is 0 Å². The molecule has 0 spiro atoms.